The molecule has 1 amide bonds. The second-order valence-electron chi connectivity index (χ2n) is 6.79. The van der Waals surface area contributed by atoms with E-state index in [2.05, 4.69) is 20.8 Å². The quantitative estimate of drug-likeness (QED) is 0.685. The van der Waals surface area contributed by atoms with Gasteiger partial charge in [0.15, 0.2) is 5.82 Å². The molecule has 0 unspecified atom stereocenters. The first-order chi connectivity index (χ1) is 13.4. The molecule has 28 heavy (non-hydrogen) atoms. The van der Waals surface area contributed by atoms with Crippen LogP contribution >= 0.6 is 0 Å². The molecule has 0 saturated carbocycles. The minimum atomic E-state index is -0.143. The lowest BCUT2D eigenvalue weighted by molar-refractivity contribution is 0.102. The van der Waals surface area contributed by atoms with Crippen LogP contribution in [0.15, 0.2) is 60.8 Å². The first-order valence-electron chi connectivity index (χ1n) is 8.88. The zero-order valence-electron chi connectivity index (χ0n) is 16.5. The maximum absolute atomic E-state index is 12.4. The van der Waals surface area contributed by atoms with Gasteiger partial charge >= 0.3 is 0 Å². The SMILES string of the molecule is CN(C)c1ccc(C(=O)Nc2ccc(Nc3cc(N(C)C)cnn3)cc2)cc1. The zero-order valence-corrected chi connectivity index (χ0v) is 16.5. The van der Waals surface area contributed by atoms with Crippen LogP contribution in [-0.4, -0.2) is 44.3 Å². The minimum absolute atomic E-state index is 0.143. The Bertz CT molecular complexity index is 936. The van der Waals surface area contributed by atoms with Crippen LogP contribution in [0.25, 0.3) is 0 Å². The predicted octanol–water partition coefficient (Wildman–Crippen LogP) is 3.60. The van der Waals surface area contributed by atoms with E-state index in [0.717, 1.165) is 22.7 Å². The summed E-state index contributed by atoms with van der Waals surface area (Å²) in [6, 6.07) is 16.8. The largest absolute Gasteiger partial charge is 0.378 e. The molecule has 2 aromatic carbocycles. The van der Waals surface area contributed by atoms with Crippen LogP contribution in [0.1, 0.15) is 10.4 Å². The molecule has 3 rings (SSSR count). The van der Waals surface area contributed by atoms with Crippen molar-refractivity contribution in [2.45, 2.75) is 0 Å². The number of amides is 1. The molecule has 0 aliphatic heterocycles. The van der Waals surface area contributed by atoms with Crippen LogP contribution < -0.4 is 20.4 Å². The number of carbonyl (C=O) groups is 1. The number of nitrogens with one attached hydrogen (secondary N) is 2. The summed E-state index contributed by atoms with van der Waals surface area (Å²) in [5.41, 5.74) is 4.21. The fourth-order valence-corrected chi connectivity index (χ4v) is 2.56. The van der Waals surface area contributed by atoms with E-state index in [1.165, 1.54) is 0 Å². The maximum Gasteiger partial charge on any atom is 0.255 e. The molecule has 7 nitrogen and oxygen atoms in total. The molecule has 0 fully saturated rings. The highest BCUT2D eigenvalue weighted by atomic mass is 16.1. The average Bonchev–Trinajstić information content (AvgIpc) is 2.69. The van der Waals surface area contributed by atoms with E-state index < -0.39 is 0 Å². The lowest BCUT2D eigenvalue weighted by Crippen LogP contribution is -2.13. The third kappa shape index (κ3) is 4.76. The highest BCUT2D eigenvalue weighted by Crippen LogP contribution is 2.20. The summed E-state index contributed by atoms with van der Waals surface area (Å²) < 4.78 is 0. The van der Waals surface area contributed by atoms with Crippen LogP contribution in [-0.2, 0) is 0 Å². The lowest BCUT2D eigenvalue weighted by Gasteiger charge is -2.13. The minimum Gasteiger partial charge on any atom is -0.378 e. The van der Waals surface area contributed by atoms with Gasteiger partial charge in [0.05, 0.1) is 11.9 Å². The van der Waals surface area contributed by atoms with Gasteiger partial charge in [-0.15, -0.1) is 5.10 Å². The van der Waals surface area contributed by atoms with Crippen molar-refractivity contribution in [2.75, 3.05) is 48.6 Å². The molecule has 7 heteroatoms. The molecule has 0 aliphatic rings. The summed E-state index contributed by atoms with van der Waals surface area (Å²) >= 11 is 0. The van der Waals surface area contributed by atoms with Crippen LogP contribution in [0.5, 0.6) is 0 Å². The van der Waals surface area contributed by atoms with Gasteiger partial charge in [-0.2, -0.15) is 5.10 Å². The topological polar surface area (TPSA) is 73.4 Å². The van der Waals surface area contributed by atoms with Crippen molar-refractivity contribution in [1.29, 1.82) is 0 Å². The van der Waals surface area contributed by atoms with Gasteiger partial charge in [0.1, 0.15) is 0 Å². The summed E-state index contributed by atoms with van der Waals surface area (Å²) in [7, 11) is 7.83. The third-order valence-electron chi connectivity index (χ3n) is 4.22. The van der Waals surface area contributed by atoms with Crippen LogP contribution in [0, 0.1) is 0 Å². The number of hydrogen-bond acceptors (Lipinski definition) is 6. The second-order valence-corrected chi connectivity index (χ2v) is 6.79. The Hall–Kier alpha value is -3.61. The standard InChI is InChI=1S/C21H24N6O/c1-26(2)18-11-5-15(6-12-18)21(28)24-17-9-7-16(8-10-17)23-20-13-19(27(3)4)14-22-25-20/h5-14H,1-4H3,(H,23,25)(H,24,28). The molecule has 0 saturated heterocycles. The number of anilines is 5. The summed E-state index contributed by atoms with van der Waals surface area (Å²) in [6.45, 7) is 0. The molecule has 2 N–H and O–H groups in total. The highest BCUT2D eigenvalue weighted by Gasteiger charge is 2.07. The van der Waals surface area contributed by atoms with Crippen molar-refractivity contribution in [1.82, 2.24) is 10.2 Å². The summed E-state index contributed by atoms with van der Waals surface area (Å²) in [6.07, 6.45) is 1.70. The molecule has 1 heterocycles. The summed E-state index contributed by atoms with van der Waals surface area (Å²) in [5, 5.41) is 14.2. The van der Waals surface area contributed by atoms with E-state index >= 15 is 0 Å². The van der Waals surface area contributed by atoms with E-state index in [1.54, 1.807) is 6.20 Å². The Kier molecular flexibility index (Phi) is 5.74. The molecule has 0 radical (unpaired) electrons. The number of nitrogens with zero attached hydrogens (tertiary/aromatic N) is 4. The van der Waals surface area contributed by atoms with Crippen LogP contribution in [0.3, 0.4) is 0 Å². The van der Waals surface area contributed by atoms with Gasteiger partial charge in [-0.25, -0.2) is 0 Å². The Morgan fingerprint density at radius 3 is 2.04 bits per heavy atom. The smallest absolute Gasteiger partial charge is 0.255 e. The summed E-state index contributed by atoms with van der Waals surface area (Å²) in [4.78, 5) is 16.4. The first kappa shape index (κ1) is 19.2. The van der Waals surface area contributed by atoms with E-state index in [9.17, 15) is 4.79 Å². The van der Waals surface area contributed by atoms with Crippen molar-refractivity contribution < 1.29 is 4.79 Å². The zero-order chi connectivity index (χ0) is 20.1. The van der Waals surface area contributed by atoms with Crippen LogP contribution in [0.2, 0.25) is 0 Å². The number of benzene rings is 2. The number of rotatable bonds is 6. The Labute approximate surface area is 165 Å². The molecule has 0 atom stereocenters. The van der Waals surface area contributed by atoms with Crippen molar-refractivity contribution in [3.05, 3.63) is 66.4 Å². The Morgan fingerprint density at radius 2 is 1.43 bits per heavy atom. The molecular formula is C21H24N6O. The fraction of sp³-hybridized carbons (Fsp3) is 0.190. The molecule has 1 aromatic heterocycles. The molecule has 144 valence electrons. The molecule has 0 bridgehead atoms. The van der Waals surface area contributed by atoms with Crippen molar-refractivity contribution in [3.63, 3.8) is 0 Å². The second kappa shape index (κ2) is 8.39. The first-order valence-corrected chi connectivity index (χ1v) is 8.88. The summed E-state index contributed by atoms with van der Waals surface area (Å²) in [5.74, 6) is 0.513. The van der Waals surface area contributed by atoms with Gasteiger partial charge in [0, 0.05) is 56.9 Å². The normalized spacial score (nSPS) is 10.3. The van der Waals surface area contributed by atoms with Gasteiger partial charge in [0.25, 0.3) is 5.91 Å². The molecule has 3 aromatic rings. The van der Waals surface area contributed by atoms with E-state index in [-0.39, 0.29) is 5.91 Å². The van der Waals surface area contributed by atoms with Crippen molar-refractivity contribution >= 4 is 34.5 Å². The van der Waals surface area contributed by atoms with Crippen molar-refractivity contribution in [3.8, 4) is 0 Å². The Balaban J connectivity index is 1.64. The van der Waals surface area contributed by atoms with Gasteiger partial charge in [-0.05, 0) is 48.5 Å². The van der Waals surface area contributed by atoms with Gasteiger partial charge in [0.2, 0.25) is 0 Å². The van der Waals surface area contributed by atoms with Gasteiger partial charge < -0.3 is 20.4 Å². The van der Waals surface area contributed by atoms with E-state index in [0.29, 0.717) is 11.4 Å². The fourth-order valence-electron chi connectivity index (χ4n) is 2.56. The number of aromatic nitrogens is 2. The molecule has 0 spiro atoms. The molecular weight excluding hydrogens is 352 g/mol. The van der Waals surface area contributed by atoms with Crippen LogP contribution in [0.4, 0.5) is 28.6 Å². The number of hydrogen-bond donors (Lipinski definition) is 2. The third-order valence-corrected chi connectivity index (χ3v) is 4.22. The maximum atomic E-state index is 12.4. The Morgan fingerprint density at radius 1 is 0.821 bits per heavy atom. The van der Waals surface area contributed by atoms with E-state index in [1.807, 2.05) is 92.6 Å². The number of carbonyl (C=O) groups excluding carboxylic acids is 1. The lowest BCUT2D eigenvalue weighted by atomic mass is 10.2. The highest BCUT2D eigenvalue weighted by molar-refractivity contribution is 6.04. The monoisotopic (exact) mass is 376 g/mol. The predicted molar refractivity (Wildman–Crippen MR) is 115 cm³/mol. The van der Waals surface area contributed by atoms with Crippen molar-refractivity contribution in [2.24, 2.45) is 0 Å². The van der Waals surface area contributed by atoms with E-state index in [4.69, 9.17) is 0 Å². The van der Waals surface area contributed by atoms with Gasteiger partial charge in [-0.1, -0.05) is 0 Å². The van der Waals surface area contributed by atoms with Gasteiger partial charge in [-0.3, -0.25) is 4.79 Å². The molecule has 0 aliphatic carbocycles. The average molecular weight is 376 g/mol.